The molecular formula is C17H18ClNO4. The van der Waals surface area contributed by atoms with Gasteiger partial charge in [0.15, 0.2) is 0 Å². The van der Waals surface area contributed by atoms with Gasteiger partial charge in [0, 0.05) is 23.3 Å². The zero-order valence-corrected chi connectivity index (χ0v) is 14.2. The number of aryl methyl sites for hydroxylation is 1. The van der Waals surface area contributed by atoms with E-state index in [0.29, 0.717) is 17.1 Å². The van der Waals surface area contributed by atoms with Gasteiger partial charge in [-0.25, -0.2) is 0 Å². The Hall–Kier alpha value is -2.27. The van der Waals surface area contributed by atoms with Crippen molar-refractivity contribution in [2.45, 2.75) is 26.7 Å². The second kappa shape index (κ2) is 6.87. The van der Waals surface area contributed by atoms with Crippen molar-refractivity contribution in [3.8, 4) is 17.2 Å². The molecule has 0 aliphatic carbocycles. The third-order valence-corrected chi connectivity index (χ3v) is 3.75. The van der Waals surface area contributed by atoms with Crippen LogP contribution in [0, 0.1) is 17.0 Å². The maximum absolute atomic E-state index is 10.9. The van der Waals surface area contributed by atoms with E-state index < -0.39 is 4.92 Å². The van der Waals surface area contributed by atoms with Crippen molar-refractivity contribution >= 4 is 17.3 Å². The SMILES string of the molecule is COc1ccc(Oc2c(C)cc([N+](=O)[O-])cc2Cl)cc1C(C)C. The van der Waals surface area contributed by atoms with E-state index in [2.05, 4.69) is 13.8 Å². The number of methoxy groups -OCH3 is 1. The van der Waals surface area contributed by atoms with Crippen LogP contribution in [0.1, 0.15) is 30.9 Å². The number of hydrogen-bond donors (Lipinski definition) is 0. The van der Waals surface area contributed by atoms with Gasteiger partial charge >= 0.3 is 0 Å². The molecule has 2 aromatic carbocycles. The van der Waals surface area contributed by atoms with Crippen molar-refractivity contribution in [1.82, 2.24) is 0 Å². The van der Waals surface area contributed by atoms with Crippen LogP contribution in [-0.4, -0.2) is 12.0 Å². The molecule has 0 saturated carbocycles. The second-order valence-electron chi connectivity index (χ2n) is 5.49. The van der Waals surface area contributed by atoms with E-state index in [0.717, 1.165) is 11.3 Å². The molecule has 0 unspecified atom stereocenters. The fraction of sp³-hybridized carbons (Fsp3) is 0.294. The van der Waals surface area contributed by atoms with Gasteiger partial charge in [-0.05, 0) is 31.0 Å². The molecule has 0 radical (unpaired) electrons. The van der Waals surface area contributed by atoms with Crippen LogP contribution in [0.3, 0.4) is 0 Å². The third kappa shape index (κ3) is 3.74. The van der Waals surface area contributed by atoms with Crippen molar-refractivity contribution in [3.05, 3.63) is 56.6 Å². The smallest absolute Gasteiger partial charge is 0.271 e. The fourth-order valence-electron chi connectivity index (χ4n) is 2.29. The summed E-state index contributed by atoms with van der Waals surface area (Å²) in [6.07, 6.45) is 0. The Morgan fingerprint density at radius 2 is 1.91 bits per heavy atom. The Morgan fingerprint density at radius 1 is 1.22 bits per heavy atom. The molecule has 2 rings (SSSR count). The summed E-state index contributed by atoms with van der Waals surface area (Å²) in [6, 6.07) is 8.23. The lowest BCUT2D eigenvalue weighted by molar-refractivity contribution is -0.384. The fourth-order valence-corrected chi connectivity index (χ4v) is 2.59. The molecule has 0 spiro atoms. The molecule has 0 aromatic heterocycles. The monoisotopic (exact) mass is 335 g/mol. The van der Waals surface area contributed by atoms with Crippen LogP contribution in [0.5, 0.6) is 17.2 Å². The van der Waals surface area contributed by atoms with Crippen LogP contribution in [0.2, 0.25) is 5.02 Å². The van der Waals surface area contributed by atoms with Gasteiger partial charge in [0.25, 0.3) is 5.69 Å². The van der Waals surface area contributed by atoms with E-state index in [1.165, 1.54) is 12.1 Å². The molecule has 0 fully saturated rings. The van der Waals surface area contributed by atoms with Gasteiger partial charge in [-0.15, -0.1) is 0 Å². The highest BCUT2D eigenvalue weighted by molar-refractivity contribution is 6.32. The molecule has 0 N–H and O–H groups in total. The van der Waals surface area contributed by atoms with Crippen LogP contribution in [-0.2, 0) is 0 Å². The zero-order chi connectivity index (χ0) is 17.1. The Balaban J connectivity index is 2.40. The van der Waals surface area contributed by atoms with Crippen LogP contribution in [0.15, 0.2) is 30.3 Å². The summed E-state index contributed by atoms with van der Waals surface area (Å²) in [7, 11) is 1.62. The van der Waals surface area contributed by atoms with Crippen molar-refractivity contribution in [2.24, 2.45) is 0 Å². The van der Waals surface area contributed by atoms with E-state index in [1.807, 2.05) is 12.1 Å². The van der Waals surface area contributed by atoms with Crippen molar-refractivity contribution in [3.63, 3.8) is 0 Å². The maximum Gasteiger partial charge on any atom is 0.271 e. The number of nitrogens with zero attached hydrogens (tertiary/aromatic N) is 1. The predicted molar refractivity (Wildman–Crippen MR) is 90.0 cm³/mol. The maximum atomic E-state index is 10.9. The first-order valence-corrected chi connectivity index (χ1v) is 7.51. The van der Waals surface area contributed by atoms with Crippen molar-refractivity contribution < 1.29 is 14.4 Å². The molecule has 0 aliphatic heterocycles. The number of benzene rings is 2. The number of nitro benzene ring substituents is 1. The molecule has 0 amide bonds. The minimum atomic E-state index is -0.479. The van der Waals surface area contributed by atoms with Gasteiger partial charge in [0.2, 0.25) is 0 Å². The zero-order valence-electron chi connectivity index (χ0n) is 13.4. The minimum absolute atomic E-state index is 0.0579. The summed E-state index contributed by atoms with van der Waals surface area (Å²) in [5.41, 5.74) is 1.56. The summed E-state index contributed by atoms with van der Waals surface area (Å²) in [6.45, 7) is 5.85. The molecule has 6 heteroatoms. The van der Waals surface area contributed by atoms with Crippen LogP contribution in [0.4, 0.5) is 5.69 Å². The van der Waals surface area contributed by atoms with Crippen LogP contribution in [0.25, 0.3) is 0 Å². The molecule has 23 heavy (non-hydrogen) atoms. The average molecular weight is 336 g/mol. The highest BCUT2D eigenvalue weighted by Gasteiger charge is 2.16. The number of halogens is 1. The Kier molecular flexibility index (Phi) is 5.11. The molecule has 0 saturated heterocycles. The normalized spacial score (nSPS) is 10.7. The topological polar surface area (TPSA) is 61.6 Å². The number of non-ortho nitro benzene ring substituents is 1. The number of ether oxygens (including phenoxy) is 2. The summed E-state index contributed by atoms with van der Waals surface area (Å²) < 4.78 is 11.2. The van der Waals surface area contributed by atoms with E-state index in [-0.39, 0.29) is 16.6 Å². The van der Waals surface area contributed by atoms with Crippen molar-refractivity contribution in [1.29, 1.82) is 0 Å². The molecule has 0 atom stereocenters. The van der Waals surface area contributed by atoms with E-state index in [9.17, 15) is 10.1 Å². The number of hydrogen-bond acceptors (Lipinski definition) is 4. The van der Waals surface area contributed by atoms with Crippen LogP contribution < -0.4 is 9.47 Å². The first kappa shape index (κ1) is 17.1. The number of rotatable bonds is 5. The van der Waals surface area contributed by atoms with Gasteiger partial charge in [0.05, 0.1) is 17.1 Å². The molecule has 0 bridgehead atoms. The Labute approximate surface area is 139 Å². The summed E-state index contributed by atoms with van der Waals surface area (Å²) >= 11 is 6.14. The quantitative estimate of drug-likeness (QED) is 0.536. The van der Waals surface area contributed by atoms with E-state index in [1.54, 1.807) is 20.1 Å². The van der Waals surface area contributed by atoms with E-state index >= 15 is 0 Å². The first-order valence-electron chi connectivity index (χ1n) is 7.13. The molecule has 2 aromatic rings. The lowest BCUT2D eigenvalue weighted by Gasteiger charge is -2.15. The molecule has 0 heterocycles. The molecule has 122 valence electrons. The Bertz CT molecular complexity index is 720. The summed E-state index contributed by atoms with van der Waals surface area (Å²) in [5, 5.41) is 11.1. The highest BCUT2D eigenvalue weighted by Crippen LogP contribution is 2.38. The summed E-state index contributed by atoms with van der Waals surface area (Å²) in [5.74, 6) is 2.08. The first-order chi connectivity index (χ1) is 10.8. The van der Waals surface area contributed by atoms with Gasteiger partial charge in [-0.1, -0.05) is 25.4 Å². The van der Waals surface area contributed by atoms with E-state index in [4.69, 9.17) is 21.1 Å². The van der Waals surface area contributed by atoms with Gasteiger partial charge in [0.1, 0.15) is 17.2 Å². The predicted octanol–water partition coefficient (Wildman–Crippen LogP) is 5.48. The lowest BCUT2D eigenvalue weighted by Crippen LogP contribution is -1.97. The summed E-state index contributed by atoms with van der Waals surface area (Å²) in [4.78, 5) is 10.4. The highest BCUT2D eigenvalue weighted by atomic mass is 35.5. The molecular weight excluding hydrogens is 318 g/mol. The Morgan fingerprint density at radius 3 is 2.43 bits per heavy atom. The van der Waals surface area contributed by atoms with Gasteiger partial charge in [-0.3, -0.25) is 10.1 Å². The average Bonchev–Trinajstić information content (AvgIpc) is 2.50. The minimum Gasteiger partial charge on any atom is -0.496 e. The van der Waals surface area contributed by atoms with Crippen molar-refractivity contribution in [2.75, 3.05) is 7.11 Å². The van der Waals surface area contributed by atoms with Crippen LogP contribution >= 0.6 is 11.6 Å². The third-order valence-electron chi connectivity index (χ3n) is 3.47. The second-order valence-corrected chi connectivity index (χ2v) is 5.90. The molecule has 0 aliphatic rings. The standard InChI is InChI=1S/C17H18ClNO4/c1-10(2)14-9-13(5-6-16(14)22-4)23-17-11(3)7-12(19(20)21)8-15(17)18/h5-10H,1-4H3. The van der Waals surface area contributed by atoms with Gasteiger partial charge < -0.3 is 9.47 Å². The largest absolute Gasteiger partial charge is 0.496 e. The number of nitro groups is 1. The molecule has 5 nitrogen and oxygen atoms in total. The lowest BCUT2D eigenvalue weighted by atomic mass is 10.0. The van der Waals surface area contributed by atoms with Gasteiger partial charge in [-0.2, -0.15) is 0 Å².